The number of nitrogens with one attached hydrogen (secondary N) is 3. The number of nitrogens with zero attached hydrogens (tertiary/aromatic N) is 4. The highest BCUT2D eigenvalue weighted by Crippen LogP contribution is 2.39. The zero-order valence-corrected chi connectivity index (χ0v) is 28.5. The van der Waals surface area contributed by atoms with E-state index in [0.29, 0.717) is 50.6 Å². The molecule has 3 aliphatic heterocycles. The Morgan fingerprint density at radius 1 is 0.958 bits per heavy atom. The third-order valence-corrected chi connectivity index (χ3v) is 10.7. The number of para-hydroxylation sites is 1. The van der Waals surface area contributed by atoms with E-state index in [4.69, 9.17) is 11.6 Å². The summed E-state index contributed by atoms with van der Waals surface area (Å²) >= 11 is 6.14. The maximum Gasteiger partial charge on any atom is 0.250 e. The second-order valence-electron chi connectivity index (χ2n) is 13.8. The Kier molecular flexibility index (Phi) is 11.5. The fourth-order valence-corrected chi connectivity index (χ4v) is 7.96. The molecule has 4 fully saturated rings. The summed E-state index contributed by atoms with van der Waals surface area (Å²) in [6, 6.07) is 16.9. The quantitative estimate of drug-likeness (QED) is 0.267. The molecule has 2 unspecified atom stereocenters. The molecular formula is C36H50ClN7O4. The molecule has 0 aromatic heterocycles. The summed E-state index contributed by atoms with van der Waals surface area (Å²) in [6.07, 6.45) is 5.86. The largest absolute Gasteiger partial charge is 0.377 e. The van der Waals surface area contributed by atoms with Crippen LogP contribution >= 0.6 is 11.6 Å². The second-order valence-corrected chi connectivity index (χ2v) is 14.2. The summed E-state index contributed by atoms with van der Waals surface area (Å²) < 4.78 is 0. The minimum absolute atomic E-state index is 0.0289. The van der Waals surface area contributed by atoms with Crippen molar-refractivity contribution in [1.29, 1.82) is 0 Å². The van der Waals surface area contributed by atoms with Crippen molar-refractivity contribution in [2.45, 2.75) is 75.2 Å². The highest BCUT2D eigenvalue weighted by molar-refractivity contribution is 6.30. The summed E-state index contributed by atoms with van der Waals surface area (Å²) in [5.74, 6) is -0.262. The average molecular weight is 680 g/mol. The third-order valence-electron chi connectivity index (χ3n) is 10.5. The normalized spacial score (nSPS) is 21.8. The van der Waals surface area contributed by atoms with Gasteiger partial charge in [0, 0.05) is 62.6 Å². The Morgan fingerprint density at radius 3 is 2.33 bits per heavy atom. The Hall–Kier alpha value is -3.22. The van der Waals surface area contributed by atoms with E-state index in [1.807, 2.05) is 59.5 Å². The first-order chi connectivity index (χ1) is 23.3. The van der Waals surface area contributed by atoms with Crippen molar-refractivity contribution >= 4 is 35.0 Å². The van der Waals surface area contributed by atoms with Gasteiger partial charge < -0.3 is 30.4 Å². The number of carbonyl (C=O) groups is 3. The number of rotatable bonds is 11. The van der Waals surface area contributed by atoms with Gasteiger partial charge in [0.1, 0.15) is 18.3 Å². The highest BCUT2D eigenvalue weighted by Gasteiger charge is 2.54. The van der Waals surface area contributed by atoms with E-state index in [-0.39, 0.29) is 30.3 Å². The van der Waals surface area contributed by atoms with Gasteiger partial charge in [0.15, 0.2) is 0 Å². The molecule has 12 heteroatoms. The zero-order chi connectivity index (χ0) is 33.5. The summed E-state index contributed by atoms with van der Waals surface area (Å²) in [6.45, 7) is 5.00. The van der Waals surface area contributed by atoms with Crippen LogP contribution in [0.3, 0.4) is 0 Å². The number of β-amino-alcohol motifs (C(OH)–C–C–N with tert-alkyl or cyclic N) is 1. The number of piperidine rings is 1. The molecule has 48 heavy (non-hydrogen) atoms. The van der Waals surface area contributed by atoms with Crippen molar-refractivity contribution in [2.24, 2.45) is 0 Å². The molecule has 0 bridgehead atoms. The third kappa shape index (κ3) is 8.31. The van der Waals surface area contributed by atoms with Crippen LogP contribution in [0.2, 0.25) is 5.02 Å². The molecule has 2 aromatic carbocycles. The smallest absolute Gasteiger partial charge is 0.250 e. The molecule has 4 aliphatic rings. The SMILES string of the molecule is O=C(CN1CN(c2ccccc2)C2(CCN(C(=O)C(Cc3ccc(Cl)cc3)NC(O)CN3CCNCC3)CC2)C1=O)NC1CCCCC1. The van der Waals surface area contributed by atoms with E-state index in [1.54, 1.807) is 4.90 Å². The topological polar surface area (TPSA) is 120 Å². The molecule has 260 valence electrons. The van der Waals surface area contributed by atoms with E-state index >= 15 is 0 Å². The molecule has 3 saturated heterocycles. The number of halogens is 1. The van der Waals surface area contributed by atoms with Gasteiger partial charge >= 0.3 is 0 Å². The maximum atomic E-state index is 14.2. The summed E-state index contributed by atoms with van der Waals surface area (Å²) in [5.41, 5.74) is 1.03. The van der Waals surface area contributed by atoms with E-state index in [0.717, 1.165) is 63.1 Å². The van der Waals surface area contributed by atoms with Gasteiger partial charge in [-0.2, -0.15) is 0 Å². The Bertz CT molecular complexity index is 1380. The lowest BCUT2D eigenvalue weighted by atomic mass is 9.85. The molecule has 4 N–H and O–H groups in total. The van der Waals surface area contributed by atoms with Gasteiger partial charge in [0.25, 0.3) is 5.91 Å². The van der Waals surface area contributed by atoms with Crippen LogP contribution in [0, 0.1) is 0 Å². The number of hydrogen-bond donors (Lipinski definition) is 4. The first-order valence-corrected chi connectivity index (χ1v) is 18.0. The van der Waals surface area contributed by atoms with Crippen molar-refractivity contribution in [1.82, 2.24) is 30.7 Å². The number of piperazine rings is 1. The fraction of sp³-hybridized carbons (Fsp3) is 0.583. The van der Waals surface area contributed by atoms with Crippen LogP contribution in [0.5, 0.6) is 0 Å². The van der Waals surface area contributed by atoms with Gasteiger partial charge in [-0.1, -0.05) is 61.2 Å². The highest BCUT2D eigenvalue weighted by atomic mass is 35.5. The Morgan fingerprint density at radius 2 is 1.65 bits per heavy atom. The first kappa shape index (κ1) is 34.6. The van der Waals surface area contributed by atoms with Crippen molar-refractivity contribution in [3.8, 4) is 0 Å². The molecule has 0 radical (unpaired) electrons. The molecule has 3 amide bonds. The van der Waals surface area contributed by atoms with E-state index in [9.17, 15) is 19.5 Å². The van der Waals surface area contributed by atoms with Gasteiger partial charge in [0.2, 0.25) is 11.8 Å². The van der Waals surface area contributed by atoms with Crippen LogP contribution < -0.4 is 20.9 Å². The summed E-state index contributed by atoms with van der Waals surface area (Å²) in [5, 5.41) is 21.4. The number of amides is 3. The van der Waals surface area contributed by atoms with Crippen LogP contribution in [-0.2, 0) is 20.8 Å². The first-order valence-electron chi connectivity index (χ1n) is 17.6. The Labute approximate surface area is 288 Å². The summed E-state index contributed by atoms with van der Waals surface area (Å²) in [4.78, 5) is 49.3. The van der Waals surface area contributed by atoms with Crippen LogP contribution in [0.4, 0.5) is 5.69 Å². The van der Waals surface area contributed by atoms with Crippen molar-refractivity contribution in [2.75, 3.05) is 63.9 Å². The molecule has 3 heterocycles. The number of aliphatic hydroxyl groups is 1. The van der Waals surface area contributed by atoms with Crippen LogP contribution in [0.25, 0.3) is 0 Å². The van der Waals surface area contributed by atoms with Gasteiger partial charge in [-0.3, -0.25) is 24.6 Å². The van der Waals surface area contributed by atoms with Crippen LogP contribution in [0.15, 0.2) is 54.6 Å². The second kappa shape index (κ2) is 16.0. The van der Waals surface area contributed by atoms with Gasteiger partial charge in [-0.05, 0) is 61.9 Å². The molecule has 2 aromatic rings. The maximum absolute atomic E-state index is 14.2. The number of benzene rings is 2. The van der Waals surface area contributed by atoms with Crippen LogP contribution in [-0.4, -0.2) is 120 Å². The number of aliphatic hydroxyl groups excluding tert-OH is 1. The van der Waals surface area contributed by atoms with Crippen LogP contribution in [0.1, 0.15) is 50.5 Å². The fourth-order valence-electron chi connectivity index (χ4n) is 7.83. The minimum Gasteiger partial charge on any atom is -0.377 e. The monoisotopic (exact) mass is 679 g/mol. The molecule has 1 aliphatic carbocycles. The lowest BCUT2D eigenvalue weighted by molar-refractivity contribution is -0.141. The lowest BCUT2D eigenvalue weighted by Crippen LogP contribution is -2.60. The van der Waals surface area contributed by atoms with Gasteiger partial charge in [0.05, 0.1) is 12.7 Å². The van der Waals surface area contributed by atoms with E-state index in [2.05, 4.69) is 25.8 Å². The van der Waals surface area contributed by atoms with E-state index in [1.165, 1.54) is 6.42 Å². The number of hydrogen-bond acceptors (Lipinski definition) is 8. The van der Waals surface area contributed by atoms with Crippen molar-refractivity contribution in [3.05, 3.63) is 65.2 Å². The standard InChI is InChI=1S/C36H50ClN7O4/c37-28-13-11-27(12-14-28)23-31(40-32(45)24-41-21-17-38-18-22-41)34(47)42-19-15-36(16-20-42)35(48)43(26-44(36)30-9-5-2-6-10-30)25-33(46)39-29-7-3-1-4-8-29/h2,5-6,9-14,29,31-32,38,40,45H,1,3-4,7-8,15-26H2,(H,39,46). The number of likely N-dealkylation sites (tertiary alicyclic amines) is 1. The molecular weight excluding hydrogens is 630 g/mol. The number of carbonyl (C=O) groups excluding carboxylic acids is 3. The van der Waals surface area contributed by atoms with Crippen molar-refractivity contribution < 1.29 is 19.5 Å². The molecule has 1 saturated carbocycles. The molecule has 1 spiro atoms. The average Bonchev–Trinajstić information content (AvgIpc) is 3.36. The molecule has 2 atom stereocenters. The van der Waals surface area contributed by atoms with Crippen molar-refractivity contribution in [3.63, 3.8) is 0 Å². The zero-order valence-electron chi connectivity index (χ0n) is 27.8. The number of anilines is 1. The van der Waals surface area contributed by atoms with Gasteiger partial charge in [-0.25, -0.2) is 0 Å². The van der Waals surface area contributed by atoms with E-state index < -0.39 is 17.8 Å². The van der Waals surface area contributed by atoms with Gasteiger partial charge in [-0.15, -0.1) is 0 Å². The minimum atomic E-state index is -0.876. The predicted molar refractivity (Wildman–Crippen MR) is 186 cm³/mol. The molecule has 6 rings (SSSR count). The predicted octanol–water partition coefficient (Wildman–Crippen LogP) is 2.18. The lowest BCUT2D eigenvalue weighted by Gasteiger charge is -2.44. The Balaban J connectivity index is 1.15. The summed E-state index contributed by atoms with van der Waals surface area (Å²) in [7, 11) is 0. The molecule has 11 nitrogen and oxygen atoms in total.